The van der Waals surface area contributed by atoms with Gasteiger partial charge < -0.3 is 20.2 Å². The summed E-state index contributed by atoms with van der Waals surface area (Å²) in [6, 6.07) is 4.41. The SMILES string of the molecule is CC(C)NCC(C(=O)N1CCN(c2ncnc3c2[C@H](C)C[C@H]3O)CC1)c1cccs1. The lowest BCUT2D eigenvalue weighted by molar-refractivity contribution is -0.133. The highest BCUT2D eigenvalue weighted by molar-refractivity contribution is 7.10. The van der Waals surface area contributed by atoms with Crippen molar-refractivity contribution in [2.45, 2.75) is 51.2 Å². The summed E-state index contributed by atoms with van der Waals surface area (Å²) in [6.07, 6.45) is 1.75. The Labute approximate surface area is 182 Å². The number of fused-ring (bicyclic) bond motifs is 1. The molecule has 2 aromatic heterocycles. The normalized spacial score (nSPS) is 22.4. The second kappa shape index (κ2) is 8.99. The van der Waals surface area contributed by atoms with E-state index in [1.807, 2.05) is 16.3 Å². The van der Waals surface area contributed by atoms with Crippen molar-refractivity contribution in [1.29, 1.82) is 0 Å². The van der Waals surface area contributed by atoms with Gasteiger partial charge in [-0.2, -0.15) is 0 Å². The number of rotatable bonds is 6. The molecule has 1 fully saturated rings. The number of amides is 1. The van der Waals surface area contributed by atoms with Crippen LogP contribution in [0.1, 0.15) is 61.3 Å². The third kappa shape index (κ3) is 4.22. The number of piperazine rings is 1. The maximum atomic E-state index is 13.4. The number of nitrogens with one attached hydrogen (secondary N) is 1. The van der Waals surface area contributed by atoms with E-state index in [4.69, 9.17) is 0 Å². The molecule has 1 saturated heterocycles. The van der Waals surface area contributed by atoms with E-state index in [-0.39, 0.29) is 17.7 Å². The molecule has 2 aromatic rings. The third-order valence-electron chi connectivity index (χ3n) is 6.08. The maximum Gasteiger partial charge on any atom is 0.232 e. The lowest BCUT2D eigenvalue weighted by atomic mass is 10.0. The lowest BCUT2D eigenvalue weighted by Crippen LogP contribution is -2.51. The summed E-state index contributed by atoms with van der Waals surface area (Å²) in [7, 11) is 0. The van der Waals surface area contributed by atoms with Crippen molar-refractivity contribution in [3.8, 4) is 0 Å². The quantitative estimate of drug-likeness (QED) is 0.734. The molecule has 0 spiro atoms. The van der Waals surface area contributed by atoms with E-state index in [1.165, 1.54) is 0 Å². The van der Waals surface area contributed by atoms with Crippen LogP contribution in [0.25, 0.3) is 0 Å². The fourth-order valence-electron chi connectivity index (χ4n) is 4.47. The Morgan fingerprint density at radius 1 is 1.30 bits per heavy atom. The smallest absolute Gasteiger partial charge is 0.232 e. The minimum absolute atomic E-state index is 0.141. The van der Waals surface area contributed by atoms with Gasteiger partial charge in [0.2, 0.25) is 5.91 Å². The summed E-state index contributed by atoms with van der Waals surface area (Å²) < 4.78 is 0. The molecule has 1 unspecified atom stereocenters. The molecule has 3 heterocycles. The molecule has 3 atom stereocenters. The first-order valence-corrected chi connectivity index (χ1v) is 11.7. The Balaban J connectivity index is 1.45. The molecule has 1 aliphatic carbocycles. The summed E-state index contributed by atoms with van der Waals surface area (Å²) in [6.45, 7) is 9.83. The number of hydrogen-bond donors (Lipinski definition) is 2. The average Bonchev–Trinajstić information content (AvgIpc) is 3.36. The van der Waals surface area contributed by atoms with Crippen molar-refractivity contribution in [2.75, 3.05) is 37.6 Å². The number of thiophene rings is 1. The van der Waals surface area contributed by atoms with Crippen LogP contribution in [0.3, 0.4) is 0 Å². The number of carbonyl (C=O) groups is 1. The number of carbonyl (C=O) groups excluding carboxylic acids is 1. The molecule has 4 rings (SSSR count). The van der Waals surface area contributed by atoms with Crippen LogP contribution in [0.5, 0.6) is 0 Å². The van der Waals surface area contributed by atoms with Gasteiger partial charge in [0.25, 0.3) is 0 Å². The first-order chi connectivity index (χ1) is 14.5. The Morgan fingerprint density at radius 2 is 2.07 bits per heavy atom. The molecule has 1 aliphatic heterocycles. The second-order valence-electron chi connectivity index (χ2n) is 8.59. The predicted molar refractivity (Wildman–Crippen MR) is 119 cm³/mol. The topological polar surface area (TPSA) is 81.6 Å². The maximum absolute atomic E-state index is 13.4. The molecule has 8 heteroatoms. The van der Waals surface area contributed by atoms with E-state index < -0.39 is 6.10 Å². The summed E-state index contributed by atoms with van der Waals surface area (Å²) in [5.74, 6) is 1.22. The lowest BCUT2D eigenvalue weighted by Gasteiger charge is -2.38. The van der Waals surface area contributed by atoms with Gasteiger partial charge in [-0.3, -0.25) is 4.79 Å². The van der Waals surface area contributed by atoms with Gasteiger partial charge >= 0.3 is 0 Å². The van der Waals surface area contributed by atoms with Gasteiger partial charge in [-0.1, -0.05) is 26.8 Å². The number of aromatic nitrogens is 2. The molecule has 162 valence electrons. The molecule has 0 aromatic carbocycles. The molecule has 1 amide bonds. The molecule has 30 heavy (non-hydrogen) atoms. The van der Waals surface area contributed by atoms with Crippen LogP contribution >= 0.6 is 11.3 Å². The Kier molecular flexibility index (Phi) is 6.36. The minimum atomic E-state index is -0.500. The monoisotopic (exact) mass is 429 g/mol. The van der Waals surface area contributed by atoms with E-state index in [0.29, 0.717) is 32.1 Å². The van der Waals surface area contributed by atoms with Crippen molar-refractivity contribution in [1.82, 2.24) is 20.2 Å². The van der Waals surface area contributed by atoms with Crippen molar-refractivity contribution in [2.24, 2.45) is 0 Å². The highest BCUT2D eigenvalue weighted by Gasteiger charge is 2.35. The van der Waals surface area contributed by atoms with Gasteiger partial charge in [0.15, 0.2) is 0 Å². The molecule has 0 radical (unpaired) electrons. The summed E-state index contributed by atoms with van der Waals surface area (Å²) in [4.78, 5) is 27.6. The molecule has 2 N–H and O–H groups in total. The van der Waals surface area contributed by atoms with Crippen molar-refractivity contribution >= 4 is 23.1 Å². The largest absolute Gasteiger partial charge is 0.387 e. The van der Waals surface area contributed by atoms with Gasteiger partial charge in [0.1, 0.15) is 12.1 Å². The number of aliphatic hydroxyl groups is 1. The number of nitrogens with zero attached hydrogens (tertiary/aromatic N) is 4. The van der Waals surface area contributed by atoms with Gasteiger partial charge in [-0.25, -0.2) is 9.97 Å². The van der Waals surface area contributed by atoms with Crippen LogP contribution in [-0.2, 0) is 4.79 Å². The number of aliphatic hydroxyl groups excluding tert-OH is 1. The summed E-state index contributed by atoms with van der Waals surface area (Å²) in [5, 5.41) is 15.7. The van der Waals surface area contributed by atoms with Gasteiger partial charge in [-0.05, 0) is 23.8 Å². The molecular formula is C22H31N5O2S. The van der Waals surface area contributed by atoms with Crippen LogP contribution in [0.4, 0.5) is 5.82 Å². The van der Waals surface area contributed by atoms with Crippen molar-refractivity contribution in [3.63, 3.8) is 0 Å². The van der Waals surface area contributed by atoms with Crippen molar-refractivity contribution < 1.29 is 9.90 Å². The Morgan fingerprint density at radius 3 is 2.73 bits per heavy atom. The molecule has 0 saturated carbocycles. The predicted octanol–water partition coefficient (Wildman–Crippen LogP) is 2.51. The Hall–Kier alpha value is -2.03. The van der Waals surface area contributed by atoms with Crippen LogP contribution in [0.15, 0.2) is 23.8 Å². The van der Waals surface area contributed by atoms with E-state index in [1.54, 1.807) is 17.7 Å². The fraction of sp³-hybridized carbons (Fsp3) is 0.591. The van der Waals surface area contributed by atoms with Crippen molar-refractivity contribution in [3.05, 3.63) is 40.0 Å². The number of anilines is 1. The summed E-state index contributed by atoms with van der Waals surface area (Å²) in [5.41, 5.74) is 1.84. The third-order valence-corrected chi connectivity index (χ3v) is 7.07. The van der Waals surface area contributed by atoms with Crippen LogP contribution < -0.4 is 10.2 Å². The fourth-order valence-corrected chi connectivity index (χ4v) is 5.29. The Bertz CT molecular complexity index is 864. The average molecular weight is 430 g/mol. The minimum Gasteiger partial charge on any atom is -0.387 e. The number of hydrogen-bond acceptors (Lipinski definition) is 7. The van der Waals surface area contributed by atoms with Crippen LogP contribution in [0, 0.1) is 0 Å². The molecule has 0 bridgehead atoms. The van der Waals surface area contributed by atoms with E-state index in [2.05, 4.69) is 47.0 Å². The van der Waals surface area contributed by atoms with E-state index in [0.717, 1.165) is 35.0 Å². The van der Waals surface area contributed by atoms with Gasteiger partial charge in [0, 0.05) is 49.2 Å². The molecular weight excluding hydrogens is 398 g/mol. The van der Waals surface area contributed by atoms with E-state index in [9.17, 15) is 9.90 Å². The zero-order valence-corrected chi connectivity index (χ0v) is 18.7. The standard InChI is InChI=1S/C22H31N5O2S/c1-14(2)23-12-16(18-5-4-10-30-18)22(29)27-8-6-26(7-9-27)21-19-15(3)11-17(28)20(19)24-13-25-21/h4-5,10,13-17,23,28H,6-9,11-12H2,1-3H3/t15-,16?,17-/m1/s1. The van der Waals surface area contributed by atoms with E-state index >= 15 is 0 Å². The van der Waals surface area contributed by atoms with Crippen LogP contribution in [-0.4, -0.2) is 64.6 Å². The van der Waals surface area contributed by atoms with Crippen LogP contribution in [0.2, 0.25) is 0 Å². The van der Waals surface area contributed by atoms with Gasteiger partial charge in [0.05, 0.1) is 17.7 Å². The second-order valence-corrected chi connectivity index (χ2v) is 9.57. The summed E-state index contributed by atoms with van der Waals surface area (Å²) >= 11 is 1.65. The highest BCUT2D eigenvalue weighted by atomic mass is 32.1. The molecule has 7 nitrogen and oxygen atoms in total. The zero-order valence-electron chi connectivity index (χ0n) is 17.9. The molecule has 2 aliphatic rings. The van der Waals surface area contributed by atoms with Gasteiger partial charge in [-0.15, -0.1) is 11.3 Å². The first-order valence-electron chi connectivity index (χ1n) is 10.8. The zero-order chi connectivity index (χ0) is 21.3. The highest BCUT2D eigenvalue weighted by Crippen LogP contribution is 2.42. The first kappa shape index (κ1) is 21.2.